The minimum atomic E-state index is 0.542. The van der Waals surface area contributed by atoms with E-state index in [1.165, 1.54) is 0 Å². The maximum absolute atomic E-state index is 8.48. The monoisotopic (exact) mass is 310 g/mol. The van der Waals surface area contributed by atoms with E-state index in [1.54, 1.807) is 0 Å². The Balaban J connectivity index is 2.56. The maximum Gasteiger partial charge on any atom is 0.123 e. The van der Waals surface area contributed by atoms with E-state index in [2.05, 4.69) is 40.3 Å². The molecule has 0 aromatic heterocycles. The molecule has 0 spiro atoms. The van der Waals surface area contributed by atoms with Crippen molar-refractivity contribution in [2.45, 2.75) is 32.7 Å². The van der Waals surface area contributed by atoms with E-state index >= 15 is 0 Å². The van der Waals surface area contributed by atoms with Gasteiger partial charge in [-0.25, -0.2) is 0 Å². The van der Waals surface area contributed by atoms with Gasteiger partial charge >= 0.3 is 0 Å². The van der Waals surface area contributed by atoms with E-state index in [0.717, 1.165) is 41.7 Å². The Morgan fingerprint density at radius 2 is 2.28 bits per heavy atom. The summed E-state index contributed by atoms with van der Waals surface area (Å²) in [6.07, 6.45) is 2.43. The lowest BCUT2D eigenvalue weighted by Crippen LogP contribution is -2.14. The van der Waals surface area contributed by atoms with Gasteiger partial charge in [-0.05, 0) is 37.6 Å². The fourth-order valence-electron chi connectivity index (χ4n) is 1.56. The Labute approximate surface area is 117 Å². The van der Waals surface area contributed by atoms with Gasteiger partial charge in [-0.15, -0.1) is 0 Å². The van der Waals surface area contributed by atoms with Crippen LogP contribution in [0.3, 0.4) is 0 Å². The molecule has 1 N–H and O–H groups in total. The molecule has 18 heavy (non-hydrogen) atoms. The lowest BCUT2D eigenvalue weighted by Gasteiger charge is -2.12. The van der Waals surface area contributed by atoms with Crippen LogP contribution in [0.1, 0.15) is 31.7 Å². The molecule has 1 rings (SSSR count). The largest absolute Gasteiger partial charge is 0.493 e. The van der Waals surface area contributed by atoms with Gasteiger partial charge in [0.1, 0.15) is 5.75 Å². The van der Waals surface area contributed by atoms with E-state index in [1.807, 2.05) is 12.1 Å². The van der Waals surface area contributed by atoms with E-state index in [-0.39, 0.29) is 0 Å². The zero-order valence-electron chi connectivity index (χ0n) is 10.7. The summed E-state index contributed by atoms with van der Waals surface area (Å²) >= 11 is 3.47. The third-order valence-electron chi connectivity index (χ3n) is 2.46. The summed E-state index contributed by atoms with van der Waals surface area (Å²) in [6, 6.07) is 8.14. The highest BCUT2D eigenvalue weighted by Crippen LogP contribution is 2.23. The predicted octanol–water partition coefficient (Wildman–Crippen LogP) is 3.63. The molecule has 0 saturated heterocycles. The second-order valence-electron chi connectivity index (χ2n) is 4.04. The van der Waals surface area contributed by atoms with Crippen LogP contribution in [0.2, 0.25) is 0 Å². The molecular weight excluding hydrogens is 292 g/mol. The first-order chi connectivity index (χ1) is 8.77. The lowest BCUT2D eigenvalue weighted by atomic mass is 10.2. The summed E-state index contributed by atoms with van der Waals surface area (Å²) in [5, 5.41) is 11.8. The zero-order valence-corrected chi connectivity index (χ0v) is 12.3. The lowest BCUT2D eigenvalue weighted by molar-refractivity contribution is 0.308. The third-order valence-corrected chi connectivity index (χ3v) is 2.95. The number of nitrogens with one attached hydrogen (secondary N) is 1. The number of hydrogen-bond acceptors (Lipinski definition) is 3. The Bertz CT molecular complexity index is 401. The molecule has 0 radical (unpaired) electrons. The standard InChI is InChI=1S/C14H19BrN2O/c1-2-8-17-11-12-10-13(15)5-6-14(12)18-9-4-3-7-16/h5-6,10,17H,2-4,8-9,11H2,1H3. The van der Waals surface area contributed by atoms with Gasteiger partial charge in [0.25, 0.3) is 0 Å². The average molecular weight is 311 g/mol. The number of hydrogen-bond donors (Lipinski definition) is 1. The summed E-state index contributed by atoms with van der Waals surface area (Å²) in [5.41, 5.74) is 1.15. The summed E-state index contributed by atoms with van der Waals surface area (Å²) in [5.74, 6) is 0.903. The number of rotatable bonds is 8. The average Bonchev–Trinajstić information content (AvgIpc) is 2.37. The number of nitrogens with zero attached hydrogens (tertiary/aromatic N) is 1. The molecule has 0 aliphatic heterocycles. The molecule has 0 aliphatic carbocycles. The zero-order chi connectivity index (χ0) is 13.2. The Hall–Kier alpha value is -1.05. The molecule has 3 nitrogen and oxygen atoms in total. The second-order valence-corrected chi connectivity index (χ2v) is 4.95. The molecule has 98 valence electrons. The van der Waals surface area contributed by atoms with Crippen LogP contribution in [0.15, 0.2) is 22.7 Å². The highest BCUT2D eigenvalue weighted by molar-refractivity contribution is 9.10. The molecule has 0 unspecified atom stereocenters. The van der Waals surface area contributed by atoms with Crippen LogP contribution in [0.4, 0.5) is 0 Å². The van der Waals surface area contributed by atoms with Crippen LogP contribution in [-0.4, -0.2) is 13.2 Å². The van der Waals surface area contributed by atoms with Gasteiger partial charge in [0.05, 0.1) is 12.7 Å². The van der Waals surface area contributed by atoms with Crippen LogP contribution in [0.5, 0.6) is 5.75 Å². The quantitative estimate of drug-likeness (QED) is 0.746. The van der Waals surface area contributed by atoms with Gasteiger partial charge < -0.3 is 10.1 Å². The number of unbranched alkanes of at least 4 members (excludes halogenated alkanes) is 1. The molecule has 0 aliphatic rings. The molecule has 0 amide bonds. The van der Waals surface area contributed by atoms with Gasteiger partial charge in [0.15, 0.2) is 0 Å². The fraction of sp³-hybridized carbons (Fsp3) is 0.500. The van der Waals surface area contributed by atoms with E-state index in [0.29, 0.717) is 13.0 Å². The van der Waals surface area contributed by atoms with E-state index in [9.17, 15) is 0 Å². The van der Waals surface area contributed by atoms with Crippen LogP contribution >= 0.6 is 15.9 Å². The van der Waals surface area contributed by atoms with E-state index < -0.39 is 0 Å². The highest BCUT2D eigenvalue weighted by atomic mass is 79.9. The molecule has 1 aromatic carbocycles. The van der Waals surface area contributed by atoms with Crippen molar-refractivity contribution in [1.82, 2.24) is 5.32 Å². The van der Waals surface area contributed by atoms with E-state index in [4.69, 9.17) is 10.00 Å². The smallest absolute Gasteiger partial charge is 0.123 e. The molecule has 4 heteroatoms. The summed E-state index contributed by atoms with van der Waals surface area (Å²) in [4.78, 5) is 0. The van der Waals surface area contributed by atoms with Crippen LogP contribution in [0.25, 0.3) is 0 Å². The Morgan fingerprint density at radius 1 is 1.44 bits per heavy atom. The normalized spacial score (nSPS) is 10.1. The maximum atomic E-state index is 8.48. The Kier molecular flexibility index (Phi) is 7.47. The first-order valence-electron chi connectivity index (χ1n) is 6.26. The van der Waals surface area contributed by atoms with Crippen LogP contribution < -0.4 is 10.1 Å². The van der Waals surface area contributed by atoms with Crippen molar-refractivity contribution in [3.05, 3.63) is 28.2 Å². The summed E-state index contributed by atoms with van der Waals surface area (Å²) < 4.78 is 6.77. The molecule has 0 fully saturated rings. The third kappa shape index (κ3) is 5.52. The van der Waals surface area contributed by atoms with Gasteiger partial charge in [0.2, 0.25) is 0 Å². The SMILES string of the molecule is CCCNCc1cc(Br)ccc1OCCCC#N. The van der Waals surface area contributed by atoms with Gasteiger partial charge in [0, 0.05) is 23.0 Å². The van der Waals surface area contributed by atoms with Crippen molar-refractivity contribution in [1.29, 1.82) is 5.26 Å². The topological polar surface area (TPSA) is 45.0 Å². The van der Waals surface area contributed by atoms with Gasteiger partial charge in [-0.1, -0.05) is 22.9 Å². The Morgan fingerprint density at radius 3 is 3.00 bits per heavy atom. The van der Waals surface area contributed by atoms with Crippen molar-refractivity contribution in [2.24, 2.45) is 0 Å². The highest BCUT2D eigenvalue weighted by Gasteiger charge is 2.04. The van der Waals surface area contributed by atoms with Crippen molar-refractivity contribution in [3.63, 3.8) is 0 Å². The molecular formula is C14H19BrN2O. The number of nitriles is 1. The summed E-state index contributed by atoms with van der Waals surface area (Å²) in [6.45, 7) is 4.55. The van der Waals surface area contributed by atoms with Crippen molar-refractivity contribution in [2.75, 3.05) is 13.2 Å². The number of ether oxygens (including phenoxy) is 1. The minimum absolute atomic E-state index is 0.542. The second kappa shape index (κ2) is 8.96. The van der Waals surface area contributed by atoms with Crippen molar-refractivity contribution < 1.29 is 4.74 Å². The summed E-state index contributed by atoms with van der Waals surface area (Å²) in [7, 11) is 0. The van der Waals surface area contributed by atoms with Crippen LogP contribution in [0, 0.1) is 11.3 Å². The molecule has 0 heterocycles. The van der Waals surface area contributed by atoms with Gasteiger partial charge in [-0.3, -0.25) is 0 Å². The first-order valence-corrected chi connectivity index (χ1v) is 7.06. The predicted molar refractivity (Wildman–Crippen MR) is 76.5 cm³/mol. The first kappa shape index (κ1) is 15.0. The molecule has 0 saturated carbocycles. The fourth-order valence-corrected chi connectivity index (χ4v) is 1.97. The van der Waals surface area contributed by atoms with Crippen LogP contribution in [-0.2, 0) is 6.54 Å². The number of halogens is 1. The molecule has 0 bridgehead atoms. The van der Waals surface area contributed by atoms with Crippen molar-refractivity contribution in [3.8, 4) is 11.8 Å². The number of benzene rings is 1. The van der Waals surface area contributed by atoms with Gasteiger partial charge in [-0.2, -0.15) is 5.26 Å². The minimum Gasteiger partial charge on any atom is -0.493 e. The molecule has 1 aromatic rings. The molecule has 0 atom stereocenters. The van der Waals surface area contributed by atoms with Crippen molar-refractivity contribution >= 4 is 15.9 Å².